The molecule has 4 nitrogen and oxygen atoms in total. The summed E-state index contributed by atoms with van der Waals surface area (Å²) in [5.74, 6) is 2.94. The molecule has 0 aliphatic heterocycles. The van der Waals surface area contributed by atoms with E-state index in [0.29, 0.717) is 11.6 Å². The minimum absolute atomic E-state index is 0.597. The minimum atomic E-state index is 0.597. The van der Waals surface area contributed by atoms with Gasteiger partial charge >= 0.3 is 0 Å². The third-order valence-electron chi connectivity index (χ3n) is 2.25. The Hall–Kier alpha value is -1.36. The summed E-state index contributed by atoms with van der Waals surface area (Å²) in [5.41, 5.74) is 0. The molecule has 0 saturated carbocycles. The fraction of sp³-hybridized carbons (Fsp3) is 0.333. The monoisotopic (exact) mass is 295 g/mol. The van der Waals surface area contributed by atoms with Crippen molar-refractivity contribution in [3.8, 4) is 11.6 Å². The Morgan fingerprint density at radius 1 is 1.41 bits per heavy atom. The predicted octanol–water partition coefficient (Wildman–Crippen LogP) is 3.63. The lowest BCUT2D eigenvalue weighted by Crippen LogP contribution is -2.04. The SMILES string of the molecule is CCCNc1nc(-c2ccc(C)o2)ncc1Br. The number of hydrogen-bond donors (Lipinski definition) is 1. The molecule has 0 amide bonds. The summed E-state index contributed by atoms with van der Waals surface area (Å²) >= 11 is 3.42. The quantitative estimate of drug-likeness (QED) is 0.936. The fourth-order valence-corrected chi connectivity index (χ4v) is 1.74. The highest BCUT2D eigenvalue weighted by molar-refractivity contribution is 9.10. The summed E-state index contributed by atoms with van der Waals surface area (Å²) in [6, 6.07) is 3.78. The molecule has 5 heteroatoms. The molecular weight excluding hydrogens is 282 g/mol. The number of rotatable bonds is 4. The van der Waals surface area contributed by atoms with Crippen molar-refractivity contribution in [1.29, 1.82) is 0 Å². The van der Waals surface area contributed by atoms with E-state index in [1.165, 1.54) is 0 Å². The Morgan fingerprint density at radius 2 is 2.24 bits per heavy atom. The topological polar surface area (TPSA) is 51.0 Å². The van der Waals surface area contributed by atoms with Gasteiger partial charge in [0.1, 0.15) is 11.6 Å². The van der Waals surface area contributed by atoms with Crippen LogP contribution in [0, 0.1) is 6.92 Å². The molecule has 0 aliphatic carbocycles. The van der Waals surface area contributed by atoms with Crippen LogP contribution < -0.4 is 5.32 Å². The van der Waals surface area contributed by atoms with Crippen LogP contribution in [-0.2, 0) is 0 Å². The largest absolute Gasteiger partial charge is 0.458 e. The van der Waals surface area contributed by atoms with Crippen LogP contribution in [0.25, 0.3) is 11.6 Å². The van der Waals surface area contributed by atoms with Gasteiger partial charge in [0, 0.05) is 12.7 Å². The van der Waals surface area contributed by atoms with E-state index in [4.69, 9.17) is 4.42 Å². The lowest BCUT2D eigenvalue weighted by Gasteiger charge is -2.06. The highest BCUT2D eigenvalue weighted by Crippen LogP contribution is 2.24. The van der Waals surface area contributed by atoms with Gasteiger partial charge in [0.25, 0.3) is 0 Å². The van der Waals surface area contributed by atoms with Crippen molar-refractivity contribution in [3.05, 3.63) is 28.6 Å². The third-order valence-corrected chi connectivity index (χ3v) is 2.83. The van der Waals surface area contributed by atoms with Crippen molar-refractivity contribution in [3.63, 3.8) is 0 Å². The van der Waals surface area contributed by atoms with Gasteiger partial charge in [-0.3, -0.25) is 0 Å². The zero-order valence-electron chi connectivity index (χ0n) is 9.83. The lowest BCUT2D eigenvalue weighted by atomic mass is 10.4. The fourth-order valence-electron chi connectivity index (χ4n) is 1.41. The van der Waals surface area contributed by atoms with E-state index in [1.807, 2.05) is 19.1 Å². The Balaban J connectivity index is 2.30. The molecular formula is C12H14BrN3O. The average molecular weight is 296 g/mol. The third kappa shape index (κ3) is 2.85. The molecule has 1 N–H and O–H groups in total. The summed E-state index contributed by atoms with van der Waals surface area (Å²) in [7, 11) is 0. The van der Waals surface area contributed by atoms with Gasteiger partial charge in [-0.1, -0.05) is 6.92 Å². The molecule has 0 unspecified atom stereocenters. The van der Waals surface area contributed by atoms with Crippen LogP contribution >= 0.6 is 15.9 Å². The second-order valence-electron chi connectivity index (χ2n) is 3.73. The van der Waals surface area contributed by atoms with Gasteiger partial charge < -0.3 is 9.73 Å². The Labute approximate surface area is 109 Å². The van der Waals surface area contributed by atoms with Gasteiger partial charge in [-0.25, -0.2) is 9.97 Å². The van der Waals surface area contributed by atoms with Crippen molar-refractivity contribution in [1.82, 2.24) is 9.97 Å². The average Bonchev–Trinajstić information content (AvgIpc) is 2.75. The highest BCUT2D eigenvalue weighted by atomic mass is 79.9. The van der Waals surface area contributed by atoms with Crippen LogP contribution in [-0.4, -0.2) is 16.5 Å². The first-order chi connectivity index (χ1) is 8.20. The summed E-state index contributed by atoms with van der Waals surface area (Å²) in [6.45, 7) is 4.89. The van der Waals surface area contributed by atoms with Crippen molar-refractivity contribution in [2.24, 2.45) is 0 Å². The molecule has 90 valence electrons. The van der Waals surface area contributed by atoms with Crippen molar-refractivity contribution < 1.29 is 4.42 Å². The second kappa shape index (κ2) is 5.31. The standard InChI is InChI=1S/C12H14BrN3O/c1-3-6-14-11-9(13)7-15-12(16-11)10-5-4-8(2)17-10/h4-5,7H,3,6H2,1-2H3,(H,14,15,16). The van der Waals surface area contributed by atoms with Crippen LogP contribution in [0.15, 0.2) is 27.2 Å². The lowest BCUT2D eigenvalue weighted by molar-refractivity contribution is 0.544. The van der Waals surface area contributed by atoms with Gasteiger partial charge in [-0.2, -0.15) is 0 Å². The number of nitrogens with zero attached hydrogens (tertiary/aromatic N) is 2. The van der Waals surface area contributed by atoms with Crippen LogP contribution in [0.4, 0.5) is 5.82 Å². The number of halogens is 1. The van der Waals surface area contributed by atoms with Gasteiger partial charge in [0.15, 0.2) is 11.6 Å². The van der Waals surface area contributed by atoms with E-state index in [9.17, 15) is 0 Å². The molecule has 0 bridgehead atoms. The smallest absolute Gasteiger partial charge is 0.197 e. The summed E-state index contributed by atoms with van der Waals surface area (Å²) < 4.78 is 6.36. The molecule has 0 aromatic carbocycles. The number of furan rings is 1. The van der Waals surface area contributed by atoms with Crippen molar-refractivity contribution in [2.45, 2.75) is 20.3 Å². The number of aryl methyl sites for hydroxylation is 1. The van der Waals surface area contributed by atoms with Gasteiger partial charge in [0.05, 0.1) is 4.47 Å². The first-order valence-electron chi connectivity index (χ1n) is 5.54. The molecule has 0 saturated heterocycles. The zero-order valence-corrected chi connectivity index (χ0v) is 11.4. The molecule has 0 radical (unpaired) electrons. The Kier molecular flexibility index (Phi) is 3.78. The first-order valence-corrected chi connectivity index (χ1v) is 6.33. The molecule has 2 rings (SSSR count). The molecule has 17 heavy (non-hydrogen) atoms. The summed E-state index contributed by atoms with van der Waals surface area (Å²) in [6.07, 6.45) is 2.78. The van der Waals surface area contributed by atoms with Crippen LogP contribution in [0.2, 0.25) is 0 Å². The summed E-state index contributed by atoms with van der Waals surface area (Å²) in [5, 5.41) is 3.24. The molecule has 0 atom stereocenters. The van der Waals surface area contributed by atoms with E-state index < -0.39 is 0 Å². The summed E-state index contributed by atoms with van der Waals surface area (Å²) in [4.78, 5) is 8.67. The van der Waals surface area contributed by atoms with Crippen molar-refractivity contribution in [2.75, 3.05) is 11.9 Å². The molecule has 0 fully saturated rings. The van der Waals surface area contributed by atoms with Gasteiger partial charge in [-0.15, -0.1) is 0 Å². The number of aromatic nitrogens is 2. The molecule has 0 spiro atoms. The van der Waals surface area contributed by atoms with Crippen LogP contribution in [0.1, 0.15) is 19.1 Å². The van der Waals surface area contributed by atoms with E-state index >= 15 is 0 Å². The molecule has 0 aliphatic rings. The molecule has 2 heterocycles. The number of nitrogens with one attached hydrogen (secondary N) is 1. The second-order valence-corrected chi connectivity index (χ2v) is 4.58. The highest BCUT2D eigenvalue weighted by Gasteiger charge is 2.09. The maximum Gasteiger partial charge on any atom is 0.197 e. The maximum atomic E-state index is 5.50. The Morgan fingerprint density at radius 3 is 2.88 bits per heavy atom. The predicted molar refractivity (Wildman–Crippen MR) is 71.0 cm³/mol. The molecule has 2 aromatic rings. The normalized spacial score (nSPS) is 10.5. The molecule has 2 aromatic heterocycles. The number of hydrogen-bond acceptors (Lipinski definition) is 4. The zero-order chi connectivity index (χ0) is 12.3. The number of anilines is 1. The minimum Gasteiger partial charge on any atom is -0.458 e. The van der Waals surface area contributed by atoms with E-state index in [0.717, 1.165) is 29.0 Å². The Bertz CT molecular complexity index is 510. The van der Waals surface area contributed by atoms with Crippen LogP contribution in [0.3, 0.4) is 0 Å². The first kappa shape index (κ1) is 12.1. The van der Waals surface area contributed by atoms with E-state index in [-0.39, 0.29) is 0 Å². The van der Waals surface area contributed by atoms with E-state index in [1.54, 1.807) is 6.20 Å². The van der Waals surface area contributed by atoms with Crippen molar-refractivity contribution >= 4 is 21.7 Å². The van der Waals surface area contributed by atoms with Crippen LogP contribution in [0.5, 0.6) is 0 Å². The maximum absolute atomic E-state index is 5.50. The van der Waals surface area contributed by atoms with Gasteiger partial charge in [-0.05, 0) is 41.4 Å². The van der Waals surface area contributed by atoms with Gasteiger partial charge in [0.2, 0.25) is 0 Å². The van der Waals surface area contributed by atoms with E-state index in [2.05, 4.69) is 38.1 Å².